The molecule has 0 unspecified atom stereocenters. The van der Waals surface area contributed by atoms with Crippen molar-refractivity contribution in [2.24, 2.45) is 0 Å². The van der Waals surface area contributed by atoms with Gasteiger partial charge in [-0.1, -0.05) is 0 Å². The van der Waals surface area contributed by atoms with E-state index < -0.39 is 0 Å². The lowest BCUT2D eigenvalue weighted by Gasteiger charge is -1.95. The highest BCUT2D eigenvalue weighted by atomic mass is 32.1. The van der Waals surface area contributed by atoms with Gasteiger partial charge in [0.1, 0.15) is 4.88 Å². The third-order valence-electron chi connectivity index (χ3n) is 1.18. The standard InChI is InChI=1S/C7H10N2OS/c1-3-8-7(10)6-4-9-5(2)11-6/h4H,3H2,1-2H3,(H,8,10). The molecule has 1 rings (SSSR count). The molecule has 1 N–H and O–H groups in total. The number of nitrogens with one attached hydrogen (secondary N) is 1. The predicted molar refractivity (Wildman–Crippen MR) is 44.9 cm³/mol. The van der Waals surface area contributed by atoms with Gasteiger partial charge in [-0.2, -0.15) is 0 Å². The second-order valence-electron chi connectivity index (χ2n) is 2.10. The first kappa shape index (κ1) is 8.20. The summed E-state index contributed by atoms with van der Waals surface area (Å²) in [5.41, 5.74) is 0. The molecule has 3 nitrogen and oxygen atoms in total. The average molecular weight is 170 g/mol. The van der Waals surface area contributed by atoms with E-state index in [9.17, 15) is 4.79 Å². The molecule has 4 heteroatoms. The maximum absolute atomic E-state index is 11.1. The van der Waals surface area contributed by atoms with Crippen LogP contribution in [0.15, 0.2) is 6.20 Å². The largest absolute Gasteiger partial charge is 0.352 e. The van der Waals surface area contributed by atoms with Crippen LogP contribution in [0, 0.1) is 6.92 Å². The summed E-state index contributed by atoms with van der Waals surface area (Å²) in [6.07, 6.45) is 1.60. The average Bonchev–Trinajstić information content (AvgIpc) is 2.36. The molecule has 0 bridgehead atoms. The molecule has 0 saturated heterocycles. The molecule has 60 valence electrons. The maximum Gasteiger partial charge on any atom is 0.262 e. The third kappa shape index (κ3) is 2.01. The second kappa shape index (κ2) is 3.48. The number of carbonyl (C=O) groups is 1. The molecule has 0 fully saturated rings. The van der Waals surface area contributed by atoms with E-state index in [-0.39, 0.29) is 5.91 Å². The van der Waals surface area contributed by atoms with Crippen molar-refractivity contribution in [3.8, 4) is 0 Å². The van der Waals surface area contributed by atoms with Crippen molar-refractivity contribution in [3.63, 3.8) is 0 Å². The molecule has 0 aromatic carbocycles. The van der Waals surface area contributed by atoms with E-state index in [1.165, 1.54) is 11.3 Å². The Morgan fingerprint density at radius 3 is 3.00 bits per heavy atom. The van der Waals surface area contributed by atoms with E-state index in [4.69, 9.17) is 0 Å². The van der Waals surface area contributed by atoms with Crippen molar-refractivity contribution in [2.75, 3.05) is 6.54 Å². The quantitative estimate of drug-likeness (QED) is 0.724. The molecule has 0 aliphatic rings. The molecule has 0 aliphatic heterocycles. The zero-order valence-electron chi connectivity index (χ0n) is 6.55. The fourth-order valence-corrected chi connectivity index (χ4v) is 1.41. The second-order valence-corrected chi connectivity index (χ2v) is 3.34. The van der Waals surface area contributed by atoms with Crippen molar-refractivity contribution in [1.29, 1.82) is 0 Å². The summed E-state index contributed by atoms with van der Waals surface area (Å²) in [5, 5.41) is 3.63. The Kier molecular flexibility index (Phi) is 2.59. The number of amides is 1. The van der Waals surface area contributed by atoms with Crippen LogP contribution in [-0.2, 0) is 0 Å². The topological polar surface area (TPSA) is 42.0 Å². The lowest BCUT2D eigenvalue weighted by molar-refractivity contribution is 0.0959. The van der Waals surface area contributed by atoms with E-state index in [0.717, 1.165) is 5.01 Å². The number of carbonyl (C=O) groups excluding carboxylic acids is 1. The van der Waals surface area contributed by atoms with E-state index in [2.05, 4.69) is 10.3 Å². The first-order valence-electron chi connectivity index (χ1n) is 3.44. The highest BCUT2D eigenvalue weighted by Gasteiger charge is 2.05. The maximum atomic E-state index is 11.1. The van der Waals surface area contributed by atoms with Crippen molar-refractivity contribution in [1.82, 2.24) is 10.3 Å². The molecule has 1 amide bonds. The van der Waals surface area contributed by atoms with E-state index in [1.54, 1.807) is 6.20 Å². The van der Waals surface area contributed by atoms with Gasteiger partial charge < -0.3 is 5.32 Å². The number of aryl methyl sites for hydroxylation is 1. The van der Waals surface area contributed by atoms with Gasteiger partial charge in [0.05, 0.1) is 11.2 Å². The number of thiazole rings is 1. The van der Waals surface area contributed by atoms with E-state index >= 15 is 0 Å². The molecular formula is C7H10N2OS. The van der Waals surface area contributed by atoms with Crippen LogP contribution in [0.4, 0.5) is 0 Å². The molecule has 0 radical (unpaired) electrons. The van der Waals surface area contributed by atoms with Crippen LogP contribution in [0.3, 0.4) is 0 Å². The van der Waals surface area contributed by atoms with Crippen LogP contribution in [-0.4, -0.2) is 17.4 Å². The molecule has 0 saturated carbocycles. The fraction of sp³-hybridized carbons (Fsp3) is 0.429. The van der Waals surface area contributed by atoms with Crippen LogP contribution in [0.2, 0.25) is 0 Å². The van der Waals surface area contributed by atoms with Gasteiger partial charge in [0.15, 0.2) is 0 Å². The van der Waals surface area contributed by atoms with Gasteiger partial charge in [-0.25, -0.2) is 4.98 Å². The summed E-state index contributed by atoms with van der Waals surface area (Å²) in [6, 6.07) is 0. The van der Waals surface area contributed by atoms with Gasteiger partial charge in [-0.05, 0) is 13.8 Å². The van der Waals surface area contributed by atoms with Crippen molar-refractivity contribution in [2.45, 2.75) is 13.8 Å². The van der Waals surface area contributed by atoms with Crippen molar-refractivity contribution in [3.05, 3.63) is 16.1 Å². The number of aromatic nitrogens is 1. The van der Waals surface area contributed by atoms with Gasteiger partial charge in [0.2, 0.25) is 0 Å². The van der Waals surface area contributed by atoms with Gasteiger partial charge in [0.25, 0.3) is 5.91 Å². The van der Waals surface area contributed by atoms with E-state index in [1.807, 2.05) is 13.8 Å². The summed E-state index contributed by atoms with van der Waals surface area (Å²) in [7, 11) is 0. The van der Waals surface area contributed by atoms with Gasteiger partial charge in [0, 0.05) is 6.54 Å². The molecule has 1 heterocycles. The van der Waals surface area contributed by atoms with Crippen LogP contribution >= 0.6 is 11.3 Å². The lowest BCUT2D eigenvalue weighted by Crippen LogP contribution is -2.21. The Bertz CT molecular complexity index is 257. The number of rotatable bonds is 2. The first-order chi connectivity index (χ1) is 5.24. The SMILES string of the molecule is CCNC(=O)c1cnc(C)s1. The number of hydrogen-bond donors (Lipinski definition) is 1. The number of hydrogen-bond acceptors (Lipinski definition) is 3. The third-order valence-corrected chi connectivity index (χ3v) is 2.09. The lowest BCUT2D eigenvalue weighted by atomic mass is 10.5. The van der Waals surface area contributed by atoms with Crippen LogP contribution < -0.4 is 5.32 Å². The molecule has 1 aromatic heterocycles. The van der Waals surface area contributed by atoms with Gasteiger partial charge >= 0.3 is 0 Å². The molecular weight excluding hydrogens is 160 g/mol. The molecule has 11 heavy (non-hydrogen) atoms. The minimum Gasteiger partial charge on any atom is -0.352 e. The van der Waals surface area contributed by atoms with Gasteiger partial charge in [-0.15, -0.1) is 11.3 Å². The molecule has 0 spiro atoms. The summed E-state index contributed by atoms with van der Waals surface area (Å²) >= 11 is 1.41. The summed E-state index contributed by atoms with van der Waals surface area (Å²) in [4.78, 5) is 15.8. The van der Waals surface area contributed by atoms with Crippen LogP contribution in [0.25, 0.3) is 0 Å². The molecule has 1 aromatic rings. The van der Waals surface area contributed by atoms with Crippen molar-refractivity contribution < 1.29 is 4.79 Å². The van der Waals surface area contributed by atoms with Crippen LogP contribution in [0.1, 0.15) is 21.6 Å². The zero-order chi connectivity index (χ0) is 8.27. The van der Waals surface area contributed by atoms with Crippen molar-refractivity contribution >= 4 is 17.2 Å². The normalized spacial score (nSPS) is 9.64. The predicted octanol–water partition coefficient (Wildman–Crippen LogP) is 1.20. The Morgan fingerprint density at radius 2 is 2.55 bits per heavy atom. The molecule has 0 aliphatic carbocycles. The minimum atomic E-state index is -0.0295. The fourth-order valence-electron chi connectivity index (χ4n) is 0.714. The smallest absolute Gasteiger partial charge is 0.262 e. The Hall–Kier alpha value is -0.900. The zero-order valence-corrected chi connectivity index (χ0v) is 7.36. The van der Waals surface area contributed by atoms with Crippen LogP contribution in [0.5, 0.6) is 0 Å². The summed E-state index contributed by atoms with van der Waals surface area (Å²) < 4.78 is 0. The monoisotopic (exact) mass is 170 g/mol. The Labute approximate surface area is 69.5 Å². The Balaban J connectivity index is 2.69. The highest BCUT2D eigenvalue weighted by Crippen LogP contribution is 2.10. The Morgan fingerprint density at radius 1 is 1.82 bits per heavy atom. The first-order valence-corrected chi connectivity index (χ1v) is 4.26. The number of nitrogens with zero attached hydrogens (tertiary/aromatic N) is 1. The summed E-state index contributed by atoms with van der Waals surface area (Å²) in [5.74, 6) is -0.0295. The highest BCUT2D eigenvalue weighted by molar-refractivity contribution is 7.13. The minimum absolute atomic E-state index is 0.0295. The van der Waals surface area contributed by atoms with Gasteiger partial charge in [-0.3, -0.25) is 4.79 Å². The molecule has 0 atom stereocenters. The van der Waals surface area contributed by atoms with E-state index in [0.29, 0.717) is 11.4 Å². The summed E-state index contributed by atoms with van der Waals surface area (Å²) in [6.45, 7) is 4.44.